The van der Waals surface area contributed by atoms with Crippen molar-refractivity contribution in [1.29, 1.82) is 0 Å². The van der Waals surface area contributed by atoms with Gasteiger partial charge in [0.1, 0.15) is 5.58 Å². The number of benzene rings is 2. The Bertz CT molecular complexity index is 998. The standard InChI is InChI=1S/C19H16O4/c1-22-18(20)14-10-15-17(12-7-3-2-6-11(12)14)13-8-4-5-9-16(13)23-19(15)21/h4-5,8-10H,2-3,6-7H2,1H3. The Hall–Kier alpha value is -2.62. The smallest absolute Gasteiger partial charge is 0.344 e. The van der Waals surface area contributed by atoms with Gasteiger partial charge in [0, 0.05) is 10.8 Å². The summed E-state index contributed by atoms with van der Waals surface area (Å²) in [6.07, 6.45) is 3.80. The molecule has 3 aromatic rings. The highest BCUT2D eigenvalue weighted by Gasteiger charge is 2.24. The first-order chi connectivity index (χ1) is 11.2. The molecule has 1 aromatic heterocycles. The maximum absolute atomic E-state index is 12.4. The van der Waals surface area contributed by atoms with Crippen LogP contribution in [0.25, 0.3) is 21.7 Å². The molecule has 0 bridgehead atoms. The second kappa shape index (κ2) is 5.23. The van der Waals surface area contributed by atoms with Crippen LogP contribution < -0.4 is 5.63 Å². The number of ether oxygens (including phenoxy) is 1. The van der Waals surface area contributed by atoms with Gasteiger partial charge in [-0.15, -0.1) is 0 Å². The van der Waals surface area contributed by atoms with Gasteiger partial charge in [-0.25, -0.2) is 9.59 Å². The van der Waals surface area contributed by atoms with Crippen LogP contribution in [0.4, 0.5) is 0 Å². The first-order valence-electron chi connectivity index (χ1n) is 7.79. The summed E-state index contributed by atoms with van der Waals surface area (Å²) in [6.45, 7) is 0. The summed E-state index contributed by atoms with van der Waals surface area (Å²) >= 11 is 0. The Balaban J connectivity index is 2.23. The van der Waals surface area contributed by atoms with E-state index >= 15 is 0 Å². The number of carbonyl (C=O) groups is 1. The van der Waals surface area contributed by atoms with E-state index in [1.54, 1.807) is 12.1 Å². The molecular formula is C19H16O4. The molecule has 0 N–H and O–H groups in total. The minimum atomic E-state index is -0.405. The van der Waals surface area contributed by atoms with Crippen molar-refractivity contribution in [2.75, 3.05) is 7.11 Å². The number of hydrogen-bond acceptors (Lipinski definition) is 4. The number of rotatable bonds is 1. The van der Waals surface area contributed by atoms with Crippen molar-refractivity contribution in [1.82, 2.24) is 0 Å². The minimum absolute atomic E-state index is 0.391. The summed E-state index contributed by atoms with van der Waals surface area (Å²) in [5, 5.41) is 2.32. The van der Waals surface area contributed by atoms with Crippen molar-refractivity contribution in [3.63, 3.8) is 0 Å². The van der Waals surface area contributed by atoms with Crippen LogP contribution in [0.3, 0.4) is 0 Å². The molecule has 0 atom stereocenters. The third-order valence-corrected chi connectivity index (χ3v) is 4.64. The zero-order valence-electron chi connectivity index (χ0n) is 12.8. The zero-order chi connectivity index (χ0) is 16.0. The van der Waals surface area contributed by atoms with Crippen LogP contribution in [0, 0.1) is 0 Å². The maximum atomic E-state index is 12.4. The summed E-state index contributed by atoms with van der Waals surface area (Å²) in [6, 6.07) is 9.20. The van der Waals surface area contributed by atoms with Gasteiger partial charge in [0.2, 0.25) is 0 Å². The van der Waals surface area contributed by atoms with Gasteiger partial charge in [-0.05, 0) is 48.9 Å². The molecule has 0 spiro atoms. The SMILES string of the molecule is COC(=O)c1cc2c(=O)oc3ccccc3c2c2c1CCCC2. The van der Waals surface area contributed by atoms with Gasteiger partial charge in [-0.1, -0.05) is 18.2 Å². The van der Waals surface area contributed by atoms with Crippen molar-refractivity contribution in [2.24, 2.45) is 0 Å². The zero-order valence-corrected chi connectivity index (χ0v) is 12.8. The molecule has 23 heavy (non-hydrogen) atoms. The van der Waals surface area contributed by atoms with Crippen LogP contribution in [-0.2, 0) is 17.6 Å². The number of fused-ring (bicyclic) bond motifs is 5. The van der Waals surface area contributed by atoms with Crippen molar-refractivity contribution in [2.45, 2.75) is 25.7 Å². The lowest BCUT2D eigenvalue weighted by molar-refractivity contribution is 0.0599. The highest BCUT2D eigenvalue weighted by atomic mass is 16.5. The van der Waals surface area contributed by atoms with Crippen molar-refractivity contribution in [3.05, 3.63) is 57.4 Å². The summed E-state index contributed by atoms with van der Waals surface area (Å²) in [7, 11) is 1.37. The average Bonchev–Trinajstić information content (AvgIpc) is 2.60. The topological polar surface area (TPSA) is 56.5 Å². The lowest BCUT2D eigenvalue weighted by Gasteiger charge is -2.21. The van der Waals surface area contributed by atoms with Gasteiger partial charge in [0.15, 0.2) is 0 Å². The number of aryl methyl sites for hydroxylation is 1. The molecule has 1 heterocycles. The van der Waals surface area contributed by atoms with Crippen LogP contribution in [0.2, 0.25) is 0 Å². The summed E-state index contributed by atoms with van der Waals surface area (Å²) in [4.78, 5) is 24.6. The largest absolute Gasteiger partial charge is 0.465 e. The van der Waals surface area contributed by atoms with Crippen LogP contribution >= 0.6 is 0 Å². The van der Waals surface area contributed by atoms with Gasteiger partial charge >= 0.3 is 11.6 Å². The molecule has 116 valence electrons. The van der Waals surface area contributed by atoms with Gasteiger partial charge < -0.3 is 9.15 Å². The second-order valence-corrected chi connectivity index (χ2v) is 5.89. The van der Waals surface area contributed by atoms with Gasteiger partial charge in [-0.2, -0.15) is 0 Å². The van der Waals surface area contributed by atoms with Crippen LogP contribution in [0.5, 0.6) is 0 Å². The monoisotopic (exact) mass is 308 g/mol. The van der Waals surface area contributed by atoms with Gasteiger partial charge in [0.25, 0.3) is 0 Å². The third kappa shape index (κ3) is 2.05. The minimum Gasteiger partial charge on any atom is -0.465 e. The molecule has 4 nitrogen and oxygen atoms in total. The average molecular weight is 308 g/mol. The Morgan fingerprint density at radius 2 is 1.83 bits per heavy atom. The molecular weight excluding hydrogens is 292 g/mol. The van der Waals surface area contributed by atoms with E-state index in [9.17, 15) is 9.59 Å². The van der Waals surface area contributed by atoms with Crippen LogP contribution in [-0.4, -0.2) is 13.1 Å². The Morgan fingerprint density at radius 1 is 1.09 bits per heavy atom. The summed E-state index contributed by atoms with van der Waals surface area (Å²) in [5.74, 6) is -0.391. The predicted molar refractivity (Wildman–Crippen MR) is 88.0 cm³/mol. The first kappa shape index (κ1) is 14.0. The quantitative estimate of drug-likeness (QED) is 0.391. The number of carbonyl (C=O) groups excluding carboxylic acids is 1. The lowest BCUT2D eigenvalue weighted by Crippen LogP contribution is -2.15. The molecule has 1 aliphatic carbocycles. The van der Waals surface area contributed by atoms with E-state index < -0.39 is 11.6 Å². The fraction of sp³-hybridized carbons (Fsp3) is 0.263. The van der Waals surface area contributed by atoms with Crippen LogP contribution in [0.15, 0.2) is 39.5 Å². The Kier molecular flexibility index (Phi) is 3.18. The third-order valence-electron chi connectivity index (χ3n) is 4.64. The molecule has 0 unspecified atom stereocenters. The van der Waals surface area contributed by atoms with Crippen molar-refractivity contribution < 1.29 is 13.9 Å². The fourth-order valence-electron chi connectivity index (χ4n) is 3.62. The van der Waals surface area contributed by atoms with Crippen molar-refractivity contribution >= 4 is 27.7 Å². The van der Waals surface area contributed by atoms with Gasteiger partial charge in [0.05, 0.1) is 18.1 Å². The van der Waals surface area contributed by atoms with Crippen LogP contribution in [0.1, 0.15) is 34.3 Å². The molecule has 0 saturated heterocycles. The number of para-hydroxylation sites is 1. The maximum Gasteiger partial charge on any atom is 0.344 e. The molecule has 2 aromatic carbocycles. The van der Waals surface area contributed by atoms with E-state index in [0.717, 1.165) is 47.6 Å². The number of hydrogen-bond donors (Lipinski definition) is 0. The number of methoxy groups -OCH3 is 1. The first-order valence-corrected chi connectivity index (χ1v) is 7.79. The highest BCUT2D eigenvalue weighted by molar-refractivity contribution is 6.09. The molecule has 4 heteroatoms. The van der Waals surface area contributed by atoms with Crippen molar-refractivity contribution in [3.8, 4) is 0 Å². The molecule has 0 saturated carbocycles. The van der Waals surface area contributed by atoms with E-state index in [2.05, 4.69) is 0 Å². The van der Waals surface area contributed by atoms with E-state index in [4.69, 9.17) is 9.15 Å². The number of esters is 1. The molecule has 4 rings (SSSR count). The van der Waals surface area contributed by atoms with E-state index in [1.807, 2.05) is 18.2 Å². The molecule has 1 aliphatic rings. The molecule has 0 aliphatic heterocycles. The predicted octanol–water partition coefficient (Wildman–Crippen LogP) is 3.61. The fourth-order valence-corrected chi connectivity index (χ4v) is 3.62. The van der Waals surface area contributed by atoms with E-state index in [0.29, 0.717) is 16.5 Å². The molecule has 0 fully saturated rings. The lowest BCUT2D eigenvalue weighted by atomic mass is 9.84. The van der Waals surface area contributed by atoms with E-state index in [1.165, 1.54) is 7.11 Å². The molecule has 0 amide bonds. The molecule has 0 radical (unpaired) electrons. The second-order valence-electron chi connectivity index (χ2n) is 5.89. The summed E-state index contributed by atoms with van der Waals surface area (Å²) in [5.41, 5.74) is 2.79. The van der Waals surface area contributed by atoms with E-state index in [-0.39, 0.29) is 0 Å². The Labute approximate surface area is 132 Å². The summed E-state index contributed by atoms with van der Waals surface area (Å²) < 4.78 is 10.3. The Morgan fingerprint density at radius 3 is 2.61 bits per heavy atom. The highest BCUT2D eigenvalue weighted by Crippen LogP contribution is 2.35. The normalized spacial score (nSPS) is 14.0. The van der Waals surface area contributed by atoms with Gasteiger partial charge in [-0.3, -0.25) is 0 Å².